The summed E-state index contributed by atoms with van der Waals surface area (Å²) in [6.45, 7) is 5.28. The Labute approximate surface area is 99.0 Å². The van der Waals surface area contributed by atoms with E-state index >= 15 is 0 Å². The highest BCUT2D eigenvalue weighted by atomic mass is 16.5. The van der Waals surface area contributed by atoms with Crippen molar-refractivity contribution in [3.05, 3.63) is 11.9 Å². The van der Waals surface area contributed by atoms with E-state index in [4.69, 9.17) is 4.74 Å². The Bertz CT molecular complexity index is 518. The summed E-state index contributed by atoms with van der Waals surface area (Å²) < 4.78 is 5.33. The van der Waals surface area contributed by atoms with Crippen LogP contribution in [0.4, 0.5) is 5.95 Å². The number of rotatable bonds is 2. The normalized spacial score (nSPS) is 16.6. The molecular weight excluding hydrogens is 218 g/mol. The van der Waals surface area contributed by atoms with E-state index in [-0.39, 0.29) is 0 Å². The van der Waals surface area contributed by atoms with Crippen molar-refractivity contribution in [2.24, 2.45) is 0 Å². The molecule has 1 N–H and O–H groups in total. The van der Waals surface area contributed by atoms with Crippen LogP contribution >= 0.6 is 0 Å². The van der Waals surface area contributed by atoms with Crippen LogP contribution in [0.3, 0.4) is 0 Å². The van der Waals surface area contributed by atoms with Crippen LogP contribution in [0.15, 0.2) is 6.20 Å². The third-order valence-electron chi connectivity index (χ3n) is 3.01. The van der Waals surface area contributed by atoms with Gasteiger partial charge in [0.1, 0.15) is 0 Å². The Balaban J connectivity index is 2.03. The van der Waals surface area contributed by atoms with Crippen LogP contribution in [-0.2, 0) is 11.2 Å². The zero-order valence-corrected chi connectivity index (χ0v) is 9.81. The summed E-state index contributed by atoms with van der Waals surface area (Å²) in [7, 11) is 0. The van der Waals surface area contributed by atoms with Gasteiger partial charge in [0.25, 0.3) is 0 Å². The van der Waals surface area contributed by atoms with E-state index < -0.39 is 0 Å². The van der Waals surface area contributed by atoms with Gasteiger partial charge >= 0.3 is 0 Å². The molecule has 6 nitrogen and oxygen atoms in total. The predicted molar refractivity (Wildman–Crippen MR) is 64.1 cm³/mol. The third-order valence-corrected chi connectivity index (χ3v) is 3.01. The first-order valence-electron chi connectivity index (χ1n) is 5.91. The quantitative estimate of drug-likeness (QED) is 0.829. The molecule has 6 heteroatoms. The number of nitrogens with one attached hydrogen (secondary N) is 1. The third kappa shape index (κ3) is 1.84. The first-order chi connectivity index (χ1) is 8.38. The summed E-state index contributed by atoms with van der Waals surface area (Å²) in [6, 6.07) is 0. The molecule has 1 fully saturated rings. The summed E-state index contributed by atoms with van der Waals surface area (Å²) >= 11 is 0. The Morgan fingerprint density at radius 3 is 2.94 bits per heavy atom. The number of fused-ring (bicyclic) bond motifs is 1. The number of ether oxygens (including phenoxy) is 1. The minimum Gasteiger partial charge on any atom is -0.378 e. The van der Waals surface area contributed by atoms with E-state index in [0.717, 1.165) is 55.4 Å². The first-order valence-corrected chi connectivity index (χ1v) is 5.91. The van der Waals surface area contributed by atoms with Crippen molar-refractivity contribution in [3.8, 4) is 0 Å². The Morgan fingerprint density at radius 2 is 2.18 bits per heavy atom. The van der Waals surface area contributed by atoms with Gasteiger partial charge in [0, 0.05) is 13.1 Å². The highest BCUT2D eigenvalue weighted by Gasteiger charge is 2.16. The molecule has 0 saturated carbocycles. The topological polar surface area (TPSA) is 66.9 Å². The average Bonchev–Trinajstić information content (AvgIpc) is 2.86. The van der Waals surface area contributed by atoms with Gasteiger partial charge < -0.3 is 9.64 Å². The molecule has 0 spiro atoms. The second kappa shape index (κ2) is 4.29. The summed E-state index contributed by atoms with van der Waals surface area (Å²) in [5, 5.41) is 7.96. The van der Waals surface area contributed by atoms with Gasteiger partial charge in [-0.2, -0.15) is 10.1 Å². The van der Waals surface area contributed by atoms with Crippen LogP contribution in [0.5, 0.6) is 0 Å². The second-order valence-corrected chi connectivity index (χ2v) is 4.06. The lowest BCUT2D eigenvalue weighted by molar-refractivity contribution is 0.122. The average molecular weight is 233 g/mol. The molecule has 2 aromatic rings. The smallest absolute Gasteiger partial charge is 0.227 e. The molecular formula is C11H15N5O. The molecule has 0 aromatic carbocycles. The fourth-order valence-electron chi connectivity index (χ4n) is 2.06. The Kier molecular flexibility index (Phi) is 2.64. The van der Waals surface area contributed by atoms with Gasteiger partial charge in [0.15, 0.2) is 5.65 Å². The number of aromatic nitrogens is 4. The zero-order chi connectivity index (χ0) is 11.7. The fourth-order valence-corrected chi connectivity index (χ4v) is 2.06. The number of H-pyrrole nitrogens is 1. The molecule has 1 saturated heterocycles. The molecule has 0 amide bonds. The molecule has 1 aliphatic rings. The number of anilines is 1. The van der Waals surface area contributed by atoms with Crippen molar-refractivity contribution < 1.29 is 4.74 Å². The summed E-state index contributed by atoms with van der Waals surface area (Å²) in [5.41, 5.74) is 1.86. The molecule has 1 aliphatic heterocycles. The standard InChI is InChI=1S/C11H15N5O/c1-2-9-8-7-12-15-10(8)14-11(13-9)16-3-5-17-6-4-16/h7H,2-6H2,1H3,(H,12,13,14,15). The highest BCUT2D eigenvalue weighted by Crippen LogP contribution is 2.18. The van der Waals surface area contributed by atoms with Crippen LogP contribution < -0.4 is 4.90 Å². The number of aromatic amines is 1. The van der Waals surface area contributed by atoms with Gasteiger partial charge in [0.2, 0.25) is 5.95 Å². The first kappa shape index (κ1) is 10.5. The van der Waals surface area contributed by atoms with Gasteiger partial charge in [0.05, 0.1) is 30.5 Å². The van der Waals surface area contributed by atoms with Gasteiger partial charge in [-0.1, -0.05) is 6.92 Å². The van der Waals surface area contributed by atoms with Crippen LogP contribution in [-0.4, -0.2) is 46.5 Å². The molecule has 2 aromatic heterocycles. The molecule has 17 heavy (non-hydrogen) atoms. The minimum absolute atomic E-state index is 0.742. The molecule has 0 aliphatic carbocycles. The van der Waals surface area contributed by atoms with Gasteiger partial charge in [-0.15, -0.1) is 0 Å². The van der Waals surface area contributed by atoms with Gasteiger partial charge in [-0.05, 0) is 6.42 Å². The summed E-state index contributed by atoms with van der Waals surface area (Å²) in [5.74, 6) is 0.780. The molecule has 0 bridgehead atoms. The summed E-state index contributed by atoms with van der Waals surface area (Å²) in [4.78, 5) is 11.3. The van der Waals surface area contributed by atoms with Crippen molar-refractivity contribution in [1.82, 2.24) is 20.2 Å². The van der Waals surface area contributed by atoms with Crippen LogP contribution in [0.2, 0.25) is 0 Å². The molecule has 90 valence electrons. The number of nitrogens with zero attached hydrogens (tertiary/aromatic N) is 4. The van der Waals surface area contributed by atoms with E-state index in [9.17, 15) is 0 Å². The number of hydrogen-bond donors (Lipinski definition) is 1. The Morgan fingerprint density at radius 1 is 1.35 bits per heavy atom. The van der Waals surface area contributed by atoms with Crippen molar-refractivity contribution in [2.75, 3.05) is 31.2 Å². The van der Waals surface area contributed by atoms with E-state index in [2.05, 4.69) is 32.0 Å². The lowest BCUT2D eigenvalue weighted by Gasteiger charge is -2.26. The van der Waals surface area contributed by atoms with Gasteiger partial charge in [-0.3, -0.25) is 5.10 Å². The van der Waals surface area contributed by atoms with Crippen LogP contribution in [0.25, 0.3) is 11.0 Å². The van der Waals surface area contributed by atoms with Crippen LogP contribution in [0, 0.1) is 0 Å². The maximum absolute atomic E-state index is 5.33. The van der Waals surface area contributed by atoms with Crippen molar-refractivity contribution in [2.45, 2.75) is 13.3 Å². The SMILES string of the molecule is CCc1nc(N2CCOCC2)nc2[nH]ncc12. The molecule has 0 atom stereocenters. The van der Waals surface area contributed by atoms with Crippen molar-refractivity contribution in [3.63, 3.8) is 0 Å². The largest absolute Gasteiger partial charge is 0.378 e. The Hall–Kier alpha value is -1.69. The summed E-state index contributed by atoms with van der Waals surface area (Å²) in [6.07, 6.45) is 2.67. The fraction of sp³-hybridized carbons (Fsp3) is 0.545. The van der Waals surface area contributed by atoms with Gasteiger partial charge in [-0.25, -0.2) is 4.98 Å². The lowest BCUT2D eigenvalue weighted by Crippen LogP contribution is -2.37. The lowest BCUT2D eigenvalue weighted by atomic mass is 10.2. The maximum Gasteiger partial charge on any atom is 0.227 e. The van der Waals surface area contributed by atoms with Crippen LogP contribution in [0.1, 0.15) is 12.6 Å². The van der Waals surface area contributed by atoms with E-state index in [0.29, 0.717) is 0 Å². The zero-order valence-electron chi connectivity index (χ0n) is 9.81. The number of hydrogen-bond acceptors (Lipinski definition) is 5. The second-order valence-electron chi connectivity index (χ2n) is 4.06. The highest BCUT2D eigenvalue weighted by molar-refractivity contribution is 5.77. The predicted octanol–water partition coefficient (Wildman–Crippen LogP) is 0.752. The number of morpholine rings is 1. The van der Waals surface area contributed by atoms with E-state index in [1.165, 1.54) is 0 Å². The van der Waals surface area contributed by atoms with Crippen molar-refractivity contribution >= 4 is 17.0 Å². The van der Waals surface area contributed by atoms with Crippen molar-refractivity contribution in [1.29, 1.82) is 0 Å². The monoisotopic (exact) mass is 233 g/mol. The molecule has 3 rings (SSSR count). The maximum atomic E-state index is 5.33. The van der Waals surface area contributed by atoms with E-state index in [1.54, 1.807) is 6.20 Å². The molecule has 0 unspecified atom stereocenters. The number of aryl methyl sites for hydroxylation is 1. The van der Waals surface area contributed by atoms with E-state index in [1.807, 2.05) is 0 Å². The minimum atomic E-state index is 0.742. The molecule has 0 radical (unpaired) electrons. The molecule has 3 heterocycles.